The topological polar surface area (TPSA) is 100 Å². The van der Waals surface area contributed by atoms with Gasteiger partial charge in [-0.15, -0.1) is 0 Å². The number of amides is 2. The largest absolute Gasteiger partial charge is 0.493 e. The third-order valence-electron chi connectivity index (χ3n) is 7.24. The highest BCUT2D eigenvalue weighted by atomic mass is 35.5. The minimum Gasteiger partial charge on any atom is -0.493 e. The number of hydrogen-bond donors (Lipinski definition) is 3. The van der Waals surface area contributed by atoms with E-state index in [1.165, 1.54) is 5.56 Å². The first-order chi connectivity index (χ1) is 18.3. The molecule has 13 heteroatoms. The number of nitrogens with one attached hydrogen (secondary N) is 2. The molecule has 2 fully saturated rings. The van der Waals surface area contributed by atoms with E-state index in [9.17, 15) is 18.0 Å². The normalized spacial score (nSPS) is 22.7. The third kappa shape index (κ3) is 7.20. The first-order valence-electron chi connectivity index (χ1n) is 12.1. The Labute approximate surface area is 234 Å². The summed E-state index contributed by atoms with van der Waals surface area (Å²) < 4.78 is 42.7. The lowest BCUT2D eigenvalue weighted by molar-refractivity contribution is -0.192. The molecule has 1 saturated heterocycles. The molecule has 2 aromatic carbocycles. The zero-order valence-corrected chi connectivity index (χ0v) is 23.1. The number of halogens is 5. The van der Waals surface area contributed by atoms with Crippen LogP contribution in [0.25, 0.3) is 0 Å². The lowest BCUT2D eigenvalue weighted by Gasteiger charge is -2.45. The standard InChI is InChI=1S/C24H29Cl2N3O3.C2HF3O2/c1-29-11-10-24(15-4-7-20(31-2)21(12-15)32-3)9-8-17(14-22(24)29)27-23(30)28-19-6-5-16(25)13-18(19)26;3-2(4,5)1(6)7/h4-7,12-13,17,22H,8-11,14H2,1-3H3,(H2,27,28,30);(H,6,7). The number of nitrogens with zero attached hydrogens (tertiary/aromatic N) is 1. The van der Waals surface area contributed by atoms with Crippen LogP contribution < -0.4 is 20.1 Å². The molecule has 0 radical (unpaired) electrons. The average molecular weight is 592 g/mol. The number of urea groups is 1. The number of anilines is 1. The van der Waals surface area contributed by atoms with Gasteiger partial charge in [-0.2, -0.15) is 13.2 Å². The Bertz CT molecular complexity index is 1200. The zero-order chi connectivity index (χ0) is 29.0. The van der Waals surface area contributed by atoms with Crippen LogP contribution in [0.15, 0.2) is 36.4 Å². The van der Waals surface area contributed by atoms with Crippen molar-refractivity contribution in [3.8, 4) is 11.5 Å². The first kappa shape index (κ1) is 30.6. The van der Waals surface area contributed by atoms with E-state index in [1.54, 1.807) is 32.4 Å². The summed E-state index contributed by atoms with van der Waals surface area (Å²) in [6.45, 7) is 1.03. The van der Waals surface area contributed by atoms with E-state index < -0.39 is 12.1 Å². The number of methoxy groups -OCH3 is 2. The molecule has 0 spiro atoms. The van der Waals surface area contributed by atoms with Crippen molar-refractivity contribution in [2.24, 2.45) is 0 Å². The summed E-state index contributed by atoms with van der Waals surface area (Å²) in [6, 6.07) is 11.5. The second-order valence-electron chi connectivity index (χ2n) is 9.47. The molecule has 0 aromatic heterocycles. The van der Waals surface area contributed by atoms with Gasteiger partial charge in [-0.05, 0) is 75.2 Å². The quantitative estimate of drug-likeness (QED) is 0.397. The fourth-order valence-corrected chi connectivity index (χ4v) is 5.78. The number of alkyl halides is 3. The van der Waals surface area contributed by atoms with Crippen LogP contribution in [0.4, 0.5) is 23.7 Å². The number of carbonyl (C=O) groups is 2. The summed E-state index contributed by atoms with van der Waals surface area (Å²) in [5.41, 5.74) is 1.87. The van der Waals surface area contributed by atoms with E-state index in [0.717, 1.165) is 43.7 Å². The number of carboxylic acids is 1. The van der Waals surface area contributed by atoms with Gasteiger partial charge < -0.3 is 30.1 Å². The van der Waals surface area contributed by atoms with Crippen molar-refractivity contribution in [2.75, 3.05) is 33.1 Å². The Morgan fingerprint density at radius 3 is 2.33 bits per heavy atom. The number of carboxylic acid groups (broad SMARTS) is 1. The maximum absolute atomic E-state index is 12.6. The van der Waals surface area contributed by atoms with Crippen LogP contribution >= 0.6 is 23.2 Å². The summed E-state index contributed by atoms with van der Waals surface area (Å²) in [6.07, 6.45) is -1.22. The predicted molar refractivity (Wildman–Crippen MR) is 142 cm³/mol. The molecule has 3 atom stereocenters. The van der Waals surface area contributed by atoms with Crippen molar-refractivity contribution >= 4 is 40.9 Å². The number of rotatable bonds is 5. The molecule has 1 heterocycles. The number of fused-ring (bicyclic) bond motifs is 1. The van der Waals surface area contributed by atoms with Gasteiger partial charge in [0.2, 0.25) is 0 Å². The van der Waals surface area contributed by atoms with E-state index >= 15 is 0 Å². The minimum atomic E-state index is -5.08. The molecule has 3 unspecified atom stereocenters. The highest BCUT2D eigenvalue weighted by Gasteiger charge is 2.50. The third-order valence-corrected chi connectivity index (χ3v) is 7.79. The van der Waals surface area contributed by atoms with Crippen LogP contribution in [0.2, 0.25) is 10.0 Å². The summed E-state index contributed by atoms with van der Waals surface area (Å²) in [5.74, 6) is -1.26. The molecule has 2 aliphatic rings. The van der Waals surface area contributed by atoms with E-state index in [2.05, 4.69) is 34.7 Å². The fraction of sp³-hybridized carbons (Fsp3) is 0.462. The molecule has 1 aliphatic heterocycles. The predicted octanol–water partition coefficient (Wildman–Crippen LogP) is 5.96. The van der Waals surface area contributed by atoms with E-state index in [0.29, 0.717) is 21.8 Å². The van der Waals surface area contributed by atoms with Gasteiger partial charge in [0.05, 0.1) is 24.9 Å². The summed E-state index contributed by atoms with van der Waals surface area (Å²) >= 11 is 12.1. The van der Waals surface area contributed by atoms with E-state index in [1.807, 2.05) is 6.07 Å². The zero-order valence-electron chi connectivity index (χ0n) is 21.6. The van der Waals surface area contributed by atoms with Crippen LogP contribution in [0.3, 0.4) is 0 Å². The molecule has 214 valence electrons. The van der Waals surface area contributed by atoms with E-state index in [-0.39, 0.29) is 17.5 Å². The van der Waals surface area contributed by atoms with Crippen LogP contribution in [0, 0.1) is 0 Å². The van der Waals surface area contributed by atoms with E-state index in [4.69, 9.17) is 42.6 Å². The fourth-order valence-electron chi connectivity index (χ4n) is 5.33. The number of likely N-dealkylation sites (N-methyl/N-ethyl adjacent to an activating group) is 1. The van der Waals surface area contributed by atoms with Gasteiger partial charge >= 0.3 is 18.2 Å². The Morgan fingerprint density at radius 2 is 1.74 bits per heavy atom. The summed E-state index contributed by atoms with van der Waals surface area (Å²) in [7, 11) is 5.49. The molecule has 1 aliphatic carbocycles. The molecule has 2 aromatic rings. The van der Waals surface area contributed by atoms with Crippen molar-refractivity contribution in [2.45, 2.75) is 49.4 Å². The lowest BCUT2D eigenvalue weighted by Crippen LogP contribution is -2.52. The Kier molecular flexibility index (Phi) is 9.84. The number of aliphatic carboxylic acids is 1. The molecule has 4 rings (SSSR count). The van der Waals surface area contributed by atoms with Crippen molar-refractivity contribution in [3.63, 3.8) is 0 Å². The van der Waals surface area contributed by atoms with Gasteiger partial charge in [0.15, 0.2) is 11.5 Å². The monoisotopic (exact) mass is 591 g/mol. The molecular weight excluding hydrogens is 562 g/mol. The van der Waals surface area contributed by atoms with Crippen LogP contribution in [-0.4, -0.2) is 68.1 Å². The van der Waals surface area contributed by atoms with Gasteiger partial charge in [-0.1, -0.05) is 29.3 Å². The van der Waals surface area contributed by atoms with Crippen LogP contribution in [0.1, 0.15) is 31.2 Å². The lowest BCUT2D eigenvalue weighted by atomic mass is 9.65. The first-order valence-corrected chi connectivity index (χ1v) is 12.8. The second-order valence-corrected chi connectivity index (χ2v) is 10.3. The molecule has 3 N–H and O–H groups in total. The molecule has 39 heavy (non-hydrogen) atoms. The van der Waals surface area contributed by atoms with Crippen molar-refractivity contribution in [1.29, 1.82) is 0 Å². The highest BCUT2D eigenvalue weighted by Crippen LogP contribution is 2.49. The van der Waals surface area contributed by atoms with Crippen molar-refractivity contribution in [3.05, 3.63) is 52.0 Å². The molecule has 0 bridgehead atoms. The Morgan fingerprint density at radius 1 is 1.08 bits per heavy atom. The van der Waals surface area contributed by atoms with Gasteiger partial charge in [-0.3, -0.25) is 0 Å². The summed E-state index contributed by atoms with van der Waals surface area (Å²) in [4.78, 5) is 23.9. The molecular formula is C26H30Cl2F3N3O5. The Balaban J connectivity index is 0.000000532. The number of ether oxygens (including phenoxy) is 2. The average Bonchev–Trinajstić information content (AvgIpc) is 3.22. The molecule has 8 nitrogen and oxygen atoms in total. The number of hydrogen-bond acceptors (Lipinski definition) is 5. The van der Waals surface area contributed by atoms with Crippen LogP contribution in [-0.2, 0) is 10.2 Å². The van der Waals surface area contributed by atoms with Gasteiger partial charge in [0.25, 0.3) is 0 Å². The maximum Gasteiger partial charge on any atom is 0.490 e. The SMILES string of the molecule is COc1ccc(C23CCC(NC(=O)Nc4ccc(Cl)cc4Cl)CC2N(C)CC3)cc1OC.O=C(O)C(F)(F)F. The number of benzene rings is 2. The van der Waals surface area contributed by atoms with Crippen molar-refractivity contribution in [1.82, 2.24) is 10.2 Å². The van der Waals surface area contributed by atoms with Gasteiger partial charge in [0.1, 0.15) is 0 Å². The van der Waals surface area contributed by atoms with Crippen LogP contribution in [0.5, 0.6) is 11.5 Å². The number of carbonyl (C=O) groups excluding carboxylic acids is 1. The maximum atomic E-state index is 12.6. The second kappa shape index (κ2) is 12.5. The Hall–Kier alpha value is -2.89. The minimum absolute atomic E-state index is 0.0441. The molecule has 1 saturated carbocycles. The van der Waals surface area contributed by atoms with Gasteiger partial charge in [-0.25, -0.2) is 9.59 Å². The molecule has 2 amide bonds. The summed E-state index contributed by atoms with van der Waals surface area (Å²) in [5, 5.41) is 14.1. The van der Waals surface area contributed by atoms with Gasteiger partial charge in [0, 0.05) is 22.5 Å². The smallest absolute Gasteiger partial charge is 0.490 e. The number of likely N-dealkylation sites (tertiary alicyclic amines) is 1. The highest BCUT2D eigenvalue weighted by molar-refractivity contribution is 6.36. The van der Waals surface area contributed by atoms with Crippen molar-refractivity contribution < 1.29 is 37.3 Å².